The number of halogens is 1. The molecule has 0 heterocycles. The van der Waals surface area contributed by atoms with E-state index >= 15 is 0 Å². The van der Waals surface area contributed by atoms with Gasteiger partial charge in [-0.05, 0) is 43.0 Å². The number of hydrogen-bond donors (Lipinski definition) is 1. The van der Waals surface area contributed by atoms with Gasteiger partial charge in [-0.25, -0.2) is 0 Å². The summed E-state index contributed by atoms with van der Waals surface area (Å²) in [5, 5.41) is 3.38. The summed E-state index contributed by atoms with van der Waals surface area (Å²) >= 11 is 3.71. The molecule has 0 bridgehead atoms. The first-order valence-corrected chi connectivity index (χ1v) is 8.63. The topological polar surface area (TPSA) is 15.3 Å². The van der Waals surface area contributed by atoms with Crippen molar-refractivity contribution in [3.8, 4) is 0 Å². The highest BCUT2D eigenvalue weighted by Crippen LogP contribution is 2.31. The zero-order chi connectivity index (χ0) is 14.5. The second kappa shape index (κ2) is 7.46. The molecule has 1 N–H and O–H groups in total. The Morgan fingerprint density at radius 2 is 2.15 bits per heavy atom. The first-order chi connectivity index (χ1) is 9.61. The molecule has 0 aromatic heterocycles. The first-order valence-electron chi connectivity index (χ1n) is 7.83. The quantitative estimate of drug-likeness (QED) is 0.845. The van der Waals surface area contributed by atoms with E-state index in [1.165, 1.54) is 41.4 Å². The number of benzene rings is 1. The molecule has 0 amide bonds. The fourth-order valence-electron chi connectivity index (χ4n) is 3.12. The van der Waals surface area contributed by atoms with Crippen molar-refractivity contribution in [2.45, 2.75) is 52.1 Å². The Labute approximate surface area is 132 Å². The van der Waals surface area contributed by atoms with Gasteiger partial charge in [0.05, 0.1) is 0 Å². The lowest BCUT2D eigenvalue weighted by molar-refractivity contribution is 0.336. The van der Waals surface area contributed by atoms with Gasteiger partial charge in [0.2, 0.25) is 0 Å². The molecule has 0 aliphatic heterocycles. The fraction of sp³-hybridized carbons (Fsp3) is 0.647. The Balaban J connectivity index is 2.06. The zero-order valence-corrected chi connectivity index (χ0v) is 14.5. The van der Waals surface area contributed by atoms with Crippen LogP contribution in [0.5, 0.6) is 0 Å². The summed E-state index contributed by atoms with van der Waals surface area (Å²) in [4.78, 5) is 2.47. The van der Waals surface area contributed by atoms with Gasteiger partial charge in [-0.1, -0.05) is 48.7 Å². The predicted octanol–water partition coefficient (Wildman–Crippen LogP) is 4.57. The van der Waals surface area contributed by atoms with Crippen molar-refractivity contribution in [3.63, 3.8) is 0 Å². The smallest absolute Gasteiger partial charge is 0.0377 e. The van der Waals surface area contributed by atoms with Crippen LogP contribution in [-0.2, 0) is 6.54 Å². The van der Waals surface area contributed by atoms with Crippen molar-refractivity contribution in [1.29, 1.82) is 0 Å². The molecule has 1 saturated carbocycles. The monoisotopic (exact) mass is 338 g/mol. The Hall–Kier alpha value is -0.540. The maximum absolute atomic E-state index is 3.71. The number of rotatable bonds is 5. The summed E-state index contributed by atoms with van der Waals surface area (Å²) in [6.07, 6.45) is 5.43. The van der Waals surface area contributed by atoms with Crippen molar-refractivity contribution in [3.05, 3.63) is 28.2 Å². The standard InChI is InChI=1S/C17H27BrN2/c1-4-19-12-14-8-9-16(11-17(14)18)20(3)15-7-5-6-13(2)10-15/h8-9,11,13,15,19H,4-7,10,12H2,1-3H3. The summed E-state index contributed by atoms with van der Waals surface area (Å²) in [6.45, 7) is 6.46. The molecule has 1 aromatic rings. The third-order valence-electron chi connectivity index (χ3n) is 4.47. The molecule has 20 heavy (non-hydrogen) atoms. The largest absolute Gasteiger partial charge is 0.372 e. The molecule has 0 saturated heterocycles. The third-order valence-corrected chi connectivity index (χ3v) is 5.20. The SMILES string of the molecule is CCNCc1ccc(N(C)C2CCCC(C)C2)cc1Br. The van der Waals surface area contributed by atoms with Crippen LogP contribution in [0, 0.1) is 5.92 Å². The zero-order valence-electron chi connectivity index (χ0n) is 13.0. The van der Waals surface area contributed by atoms with Crippen LogP contribution in [0.2, 0.25) is 0 Å². The van der Waals surface area contributed by atoms with E-state index in [0.717, 1.165) is 19.0 Å². The van der Waals surface area contributed by atoms with Crippen LogP contribution in [0.3, 0.4) is 0 Å². The number of nitrogens with zero attached hydrogens (tertiary/aromatic N) is 1. The van der Waals surface area contributed by atoms with E-state index < -0.39 is 0 Å². The molecule has 3 heteroatoms. The molecule has 2 nitrogen and oxygen atoms in total. The molecule has 2 atom stereocenters. The van der Waals surface area contributed by atoms with Gasteiger partial charge in [0.15, 0.2) is 0 Å². The highest BCUT2D eigenvalue weighted by molar-refractivity contribution is 9.10. The molecule has 2 unspecified atom stereocenters. The van der Waals surface area contributed by atoms with Gasteiger partial charge in [0.25, 0.3) is 0 Å². The molecular formula is C17H27BrN2. The van der Waals surface area contributed by atoms with Crippen LogP contribution >= 0.6 is 15.9 Å². The Morgan fingerprint density at radius 1 is 1.35 bits per heavy atom. The maximum atomic E-state index is 3.71. The molecule has 1 aliphatic rings. The van der Waals surface area contributed by atoms with E-state index in [1.807, 2.05) is 0 Å². The molecular weight excluding hydrogens is 312 g/mol. The van der Waals surface area contributed by atoms with E-state index in [-0.39, 0.29) is 0 Å². The van der Waals surface area contributed by atoms with Gasteiger partial charge < -0.3 is 10.2 Å². The van der Waals surface area contributed by atoms with Gasteiger partial charge in [-0.3, -0.25) is 0 Å². The fourth-order valence-corrected chi connectivity index (χ4v) is 3.63. The lowest BCUT2D eigenvalue weighted by atomic mass is 9.86. The van der Waals surface area contributed by atoms with Crippen LogP contribution in [0.1, 0.15) is 45.1 Å². The summed E-state index contributed by atoms with van der Waals surface area (Å²) in [5.74, 6) is 0.868. The van der Waals surface area contributed by atoms with Crippen molar-refractivity contribution < 1.29 is 0 Å². The minimum absolute atomic E-state index is 0.699. The Bertz CT molecular complexity index is 433. The van der Waals surface area contributed by atoms with Gasteiger partial charge in [-0.15, -0.1) is 0 Å². The van der Waals surface area contributed by atoms with E-state index in [4.69, 9.17) is 0 Å². The Morgan fingerprint density at radius 3 is 2.80 bits per heavy atom. The lowest BCUT2D eigenvalue weighted by Gasteiger charge is -2.35. The highest BCUT2D eigenvalue weighted by atomic mass is 79.9. The van der Waals surface area contributed by atoms with Gasteiger partial charge in [-0.2, -0.15) is 0 Å². The summed E-state index contributed by atoms with van der Waals surface area (Å²) in [7, 11) is 2.24. The first kappa shape index (κ1) is 15.8. The van der Waals surface area contributed by atoms with E-state index in [9.17, 15) is 0 Å². The predicted molar refractivity (Wildman–Crippen MR) is 91.3 cm³/mol. The summed E-state index contributed by atoms with van der Waals surface area (Å²) in [5.41, 5.74) is 2.66. The number of nitrogens with one attached hydrogen (secondary N) is 1. The molecule has 0 spiro atoms. The van der Waals surface area contributed by atoms with E-state index in [0.29, 0.717) is 6.04 Å². The summed E-state index contributed by atoms with van der Waals surface area (Å²) in [6, 6.07) is 7.47. The van der Waals surface area contributed by atoms with E-state index in [2.05, 4.69) is 65.2 Å². The van der Waals surface area contributed by atoms with Crippen molar-refractivity contribution >= 4 is 21.6 Å². The normalized spacial score (nSPS) is 22.8. The molecule has 1 aromatic carbocycles. The lowest BCUT2D eigenvalue weighted by Crippen LogP contribution is -2.35. The number of anilines is 1. The van der Waals surface area contributed by atoms with Crippen LogP contribution < -0.4 is 10.2 Å². The van der Waals surface area contributed by atoms with Crippen molar-refractivity contribution in [2.24, 2.45) is 5.92 Å². The van der Waals surface area contributed by atoms with Crippen molar-refractivity contribution in [1.82, 2.24) is 5.32 Å². The van der Waals surface area contributed by atoms with Crippen LogP contribution in [0.4, 0.5) is 5.69 Å². The van der Waals surface area contributed by atoms with Crippen LogP contribution in [0.15, 0.2) is 22.7 Å². The van der Waals surface area contributed by atoms with Crippen LogP contribution in [0.25, 0.3) is 0 Å². The molecule has 2 rings (SSSR count). The minimum atomic E-state index is 0.699. The average Bonchev–Trinajstić information content (AvgIpc) is 2.45. The second-order valence-corrected chi connectivity index (χ2v) is 6.95. The third kappa shape index (κ3) is 3.98. The van der Waals surface area contributed by atoms with Gasteiger partial charge in [0, 0.05) is 29.8 Å². The molecule has 1 aliphatic carbocycles. The maximum Gasteiger partial charge on any atom is 0.0377 e. The highest BCUT2D eigenvalue weighted by Gasteiger charge is 2.22. The molecule has 112 valence electrons. The second-order valence-electron chi connectivity index (χ2n) is 6.09. The van der Waals surface area contributed by atoms with Crippen LogP contribution in [-0.4, -0.2) is 19.6 Å². The van der Waals surface area contributed by atoms with Crippen molar-refractivity contribution in [2.75, 3.05) is 18.5 Å². The molecule has 0 radical (unpaired) electrons. The average molecular weight is 339 g/mol. The Kier molecular flexibility index (Phi) is 5.91. The number of hydrogen-bond acceptors (Lipinski definition) is 2. The van der Waals surface area contributed by atoms with E-state index in [1.54, 1.807) is 0 Å². The summed E-state index contributed by atoms with van der Waals surface area (Å²) < 4.78 is 1.21. The molecule has 1 fully saturated rings. The van der Waals surface area contributed by atoms with Gasteiger partial charge >= 0.3 is 0 Å². The van der Waals surface area contributed by atoms with Gasteiger partial charge in [0.1, 0.15) is 0 Å². The minimum Gasteiger partial charge on any atom is -0.372 e.